The number of carbonyl (C=O) groups excluding carboxylic acids is 1. The maximum atomic E-state index is 13.1. The number of anilines is 1. The SMILES string of the molecule is COC(=O)c1ccc(NCC#Cc2cc3c(Br)cccn3c2[Se]C(F)(F)F)c(OC)c1. The number of esters is 1. The van der Waals surface area contributed by atoms with Crippen molar-refractivity contribution in [2.24, 2.45) is 0 Å². The first-order chi connectivity index (χ1) is 14.7. The van der Waals surface area contributed by atoms with Crippen LogP contribution >= 0.6 is 15.9 Å². The van der Waals surface area contributed by atoms with E-state index in [-0.39, 0.29) is 11.1 Å². The third-order valence-electron chi connectivity index (χ3n) is 4.14. The van der Waals surface area contributed by atoms with Gasteiger partial charge in [0.05, 0.1) is 7.11 Å². The Balaban J connectivity index is 1.84. The molecular formula is C21H16BrF3N2O3Se. The van der Waals surface area contributed by atoms with Gasteiger partial charge in [-0.3, -0.25) is 0 Å². The number of nitrogens with zero attached hydrogens (tertiary/aromatic N) is 1. The van der Waals surface area contributed by atoms with Crippen LogP contribution in [0.5, 0.6) is 5.75 Å². The summed E-state index contributed by atoms with van der Waals surface area (Å²) in [5.74, 6) is 5.64. The maximum absolute atomic E-state index is 13.1. The molecule has 0 aliphatic carbocycles. The van der Waals surface area contributed by atoms with Crippen LogP contribution in [0.15, 0.2) is 47.1 Å². The monoisotopic (exact) mass is 560 g/mol. The van der Waals surface area contributed by atoms with Crippen molar-refractivity contribution in [1.82, 2.24) is 4.40 Å². The number of halogens is 4. The van der Waals surface area contributed by atoms with E-state index >= 15 is 0 Å². The van der Waals surface area contributed by atoms with Gasteiger partial charge in [0.2, 0.25) is 0 Å². The Labute approximate surface area is 191 Å². The number of fused-ring (bicyclic) bond motifs is 1. The zero-order chi connectivity index (χ0) is 22.6. The number of aromatic nitrogens is 1. The Morgan fingerprint density at radius 1 is 1.26 bits per heavy atom. The van der Waals surface area contributed by atoms with Crippen molar-refractivity contribution in [3.8, 4) is 17.6 Å². The van der Waals surface area contributed by atoms with E-state index in [0.29, 0.717) is 32.6 Å². The van der Waals surface area contributed by atoms with Crippen molar-refractivity contribution < 1.29 is 27.4 Å². The van der Waals surface area contributed by atoms with E-state index in [4.69, 9.17) is 4.74 Å². The number of alkyl halides is 3. The van der Waals surface area contributed by atoms with E-state index in [1.807, 2.05) is 0 Å². The second-order valence-electron chi connectivity index (χ2n) is 6.08. The van der Waals surface area contributed by atoms with E-state index in [9.17, 15) is 18.0 Å². The quantitative estimate of drug-likeness (QED) is 0.293. The van der Waals surface area contributed by atoms with Crippen LogP contribution in [-0.2, 0) is 4.74 Å². The number of ether oxygens (including phenoxy) is 2. The molecule has 3 rings (SSSR count). The zero-order valence-corrected chi connectivity index (χ0v) is 19.6. The van der Waals surface area contributed by atoms with Crippen LogP contribution in [0.2, 0.25) is 0 Å². The van der Waals surface area contributed by atoms with E-state index in [1.54, 1.807) is 36.5 Å². The molecule has 0 atom stereocenters. The topological polar surface area (TPSA) is 52.0 Å². The fourth-order valence-corrected chi connectivity index (χ4v) is 4.72. The Kier molecular flexibility index (Phi) is 7.21. The molecule has 0 spiro atoms. The number of nitrogens with one attached hydrogen (secondary N) is 1. The van der Waals surface area contributed by atoms with Crippen LogP contribution in [0.25, 0.3) is 5.52 Å². The van der Waals surface area contributed by atoms with Crippen LogP contribution in [0.3, 0.4) is 0 Å². The van der Waals surface area contributed by atoms with Gasteiger partial charge in [-0.05, 0) is 0 Å². The summed E-state index contributed by atoms with van der Waals surface area (Å²) in [7, 11) is 2.75. The molecule has 0 radical (unpaired) electrons. The molecule has 1 N–H and O–H groups in total. The van der Waals surface area contributed by atoms with Crippen molar-refractivity contribution in [3.63, 3.8) is 0 Å². The van der Waals surface area contributed by atoms with Crippen molar-refractivity contribution in [1.29, 1.82) is 0 Å². The van der Waals surface area contributed by atoms with Crippen LogP contribution in [0, 0.1) is 11.8 Å². The first kappa shape index (κ1) is 23.1. The summed E-state index contributed by atoms with van der Waals surface area (Å²) in [5, 5.41) is -1.25. The molecule has 0 saturated heterocycles. The second kappa shape index (κ2) is 9.69. The normalized spacial score (nSPS) is 11.0. The van der Waals surface area contributed by atoms with E-state index in [2.05, 4.69) is 37.8 Å². The molecule has 31 heavy (non-hydrogen) atoms. The molecule has 0 aliphatic rings. The number of rotatable bonds is 5. The van der Waals surface area contributed by atoms with Crippen LogP contribution < -0.4 is 14.6 Å². The Morgan fingerprint density at radius 3 is 2.71 bits per heavy atom. The zero-order valence-electron chi connectivity index (χ0n) is 16.3. The Morgan fingerprint density at radius 2 is 2.03 bits per heavy atom. The molecule has 0 amide bonds. The predicted octanol–water partition coefficient (Wildman–Crippen LogP) is 3.81. The predicted molar refractivity (Wildman–Crippen MR) is 116 cm³/mol. The first-order valence-electron chi connectivity index (χ1n) is 8.78. The van der Waals surface area contributed by atoms with Crippen molar-refractivity contribution >= 4 is 52.7 Å². The van der Waals surface area contributed by atoms with Crippen molar-refractivity contribution in [2.75, 3.05) is 26.1 Å². The van der Waals surface area contributed by atoms with Crippen molar-refractivity contribution in [2.45, 2.75) is 5.07 Å². The van der Waals surface area contributed by atoms with E-state index in [1.165, 1.54) is 24.7 Å². The van der Waals surface area contributed by atoms with Crippen LogP contribution in [0.4, 0.5) is 18.9 Å². The first-order valence-corrected chi connectivity index (χ1v) is 11.3. The summed E-state index contributed by atoms with van der Waals surface area (Å²) in [6.07, 6.45) is 1.60. The van der Waals surface area contributed by atoms with Gasteiger partial charge in [0, 0.05) is 0 Å². The fraction of sp³-hybridized carbons (Fsp3) is 0.190. The molecule has 162 valence electrons. The standard InChI is InChI=1S/C21H16BrF3N2O3Se/c1-29-18-12-14(20(28)30-2)7-8-16(18)26-9-3-5-13-11-17-15(22)6-4-10-27(17)19(13)31-21(23,24)25/h4,6-8,10-12,26H,9H2,1-2H3. The summed E-state index contributed by atoms with van der Waals surface area (Å²) >= 11 is 1.63. The van der Waals surface area contributed by atoms with E-state index < -0.39 is 26.0 Å². The summed E-state index contributed by atoms with van der Waals surface area (Å²) in [6, 6.07) is 9.84. The molecule has 5 nitrogen and oxygen atoms in total. The number of carbonyl (C=O) groups is 1. The Hall–Kier alpha value is -2.60. The summed E-state index contributed by atoms with van der Waals surface area (Å²) < 4.78 is 51.7. The second-order valence-corrected chi connectivity index (χ2v) is 9.15. The number of hydrogen-bond acceptors (Lipinski definition) is 4. The van der Waals surface area contributed by atoms with Gasteiger partial charge < -0.3 is 0 Å². The molecule has 0 fully saturated rings. The van der Waals surface area contributed by atoms with Gasteiger partial charge in [-0.1, -0.05) is 0 Å². The fourth-order valence-electron chi connectivity index (χ4n) is 2.80. The summed E-state index contributed by atoms with van der Waals surface area (Å²) in [4.78, 5) is 11.6. The minimum absolute atomic E-state index is 0.142. The van der Waals surface area contributed by atoms with Gasteiger partial charge in [0.1, 0.15) is 0 Å². The van der Waals surface area contributed by atoms with Crippen molar-refractivity contribution in [3.05, 3.63) is 58.2 Å². The molecule has 1 aromatic carbocycles. The number of pyridine rings is 1. The van der Waals surface area contributed by atoms with Gasteiger partial charge in [-0.15, -0.1) is 0 Å². The average molecular weight is 560 g/mol. The number of benzene rings is 1. The van der Waals surface area contributed by atoms with Crippen LogP contribution in [-0.4, -0.2) is 51.2 Å². The summed E-state index contributed by atoms with van der Waals surface area (Å²) in [5.41, 5.74) is 1.88. The Bertz CT molecular complexity index is 1180. The van der Waals surface area contributed by atoms with Gasteiger partial charge in [-0.2, -0.15) is 0 Å². The third kappa shape index (κ3) is 5.56. The van der Waals surface area contributed by atoms with Gasteiger partial charge in [0.25, 0.3) is 0 Å². The summed E-state index contributed by atoms with van der Waals surface area (Å²) in [6.45, 7) is 0.166. The molecule has 0 aliphatic heterocycles. The molecule has 2 aromatic heterocycles. The van der Waals surface area contributed by atoms with Gasteiger partial charge >= 0.3 is 184 Å². The minimum atomic E-state index is -4.30. The van der Waals surface area contributed by atoms with Crippen LogP contribution in [0.1, 0.15) is 15.9 Å². The third-order valence-corrected chi connectivity index (χ3v) is 6.57. The van der Waals surface area contributed by atoms with Gasteiger partial charge in [0.15, 0.2) is 0 Å². The number of methoxy groups -OCH3 is 2. The average Bonchev–Trinajstić information content (AvgIpc) is 3.07. The molecular weight excluding hydrogens is 544 g/mol. The molecule has 2 heterocycles. The molecule has 3 aromatic rings. The molecule has 0 bridgehead atoms. The van der Waals surface area contributed by atoms with Gasteiger partial charge in [-0.25, -0.2) is 0 Å². The molecule has 10 heteroatoms. The molecule has 0 unspecified atom stereocenters. The van der Waals surface area contributed by atoms with E-state index in [0.717, 1.165) is 0 Å². The molecule has 0 saturated carbocycles. The number of hydrogen-bond donors (Lipinski definition) is 1.